The van der Waals surface area contributed by atoms with E-state index in [0.717, 1.165) is 13.0 Å². The monoisotopic (exact) mass is 257 g/mol. The summed E-state index contributed by atoms with van der Waals surface area (Å²) in [5, 5.41) is 6.39. The van der Waals surface area contributed by atoms with Crippen LogP contribution in [0.3, 0.4) is 0 Å². The highest BCUT2D eigenvalue weighted by molar-refractivity contribution is 5.79. The van der Waals surface area contributed by atoms with E-state index in [0.29, 0.717) is 25.8 Å². The lowest BCUT2D eigenvalue weighted by Crippen LogP contribution is -2.47. The van der Waals surface area contributed by atoms with E-state index in [2.05, 4.69) is 29.4 Å². The summed E-state index contributed by atoms with van der Waals surface area (Å²) in [4.78, 5) is 14.2. The third kappa shape index (κ3) is 4.55. The van der Waals surface area contributed by atoms with E-state index in [4.69, 9.17) is 4.74 Å². The Kier molecular flexibility index (Phi) is 6.60. The molecule has 0 saturated carbocycles. The van der Waals surface area contributed by atoms with Gasteiger partial charge >= 0.3 is 0 Å². The van der Waals surface area contributed by atoms with Gasteiger partial charge < -0.3 is 20.3 Å². The maximum atomic E-state index is 12.1. The maximum Gasteiger partial charge on any atom is 0.227 e. The van der Waals surface area contributed by atoms with Crippen molar-refractivity contribution in [3.05, 3.63) is 0 Å². The lowest BCUT2D eigenvalue weighted by atomic mass is 10.0. The minimum Gasteiger partial charge on any atom is -0.379 e. The van der Waals surface area contributed by atoms with Crippen LogP contribution in [0.1, 0.15) is 20.3 Å². The largest absolute Gasteiger partial charge is 0.379 e. The predicted molar refractivity (Wildman–Crippen MR) is 72.5 cm³/mol. The second kappa shape index (κ2) is 7.71. The first-order valence-corrected chi connectivity index (χ1v) is 6.81. The van der Waals surface area contributed by atoms with Gasteiger partial charge in [-0.2, -0.15) is 0 Å². The van der Waals surface area contributed by atoms with Crippen molar-refractivity contribution >= 4 is 5.91 Å². The zero-order chi connectivity index (χ0) is 13.5. The van der Waals surface area contributed by atoms with E-state index in [1.807, 2.05) is 14.1 Å². The fraction of sp³-hybridized carbons (Fsp3) is 0.923. The van der Waals surface area contributed by atoms with Crippen LogP contribution in [0.5, 0.6) is 0 Å². The minimum absolute atomic E-state index is 0.0501. The van der Waals surface area contributed by atoms with Gasteiger partial charge in [-0.3, -0.25) is 4.79 Å². The number of nitrogens with one attached hydrogen (secondary N) is 2. The van der Waals surface area contributed by atoms with Crippen molar-refractivity contribution in [1.29, 1.82) is 0 Å². The minimum atomic E-state index is -0.0501. The molecule has 0 aromatic carbocycles. The number of hydrogen-bond donors (Lipinski definition) is 2. The SMILES string of the molecule is CCCNC1COCC1C(=O)NCC(C)N(C)C. The molecule has 1 rings (SSSR count). The van der Waals surface area contributed by atoms with Gasteiger partial charge in [0.2, 0.25) is 5.91 Å². The highest BCUT2D eigenvalue weighted by Gasteiger charge is 2.33. The molecule has 0 aromatic rings. The quantitative estimate of drug-likeness (QED) is 0.677. The van der Waals surface area contributed by atoms with Gasteiger partial charge in [0, 0.05) is 18.6 Å². The summed E-state index contributed by atoms with van der Waals surface area (Å²) >= 11 is 0. The summed E-state index contributed by atoms with van der Waals surface area (Å²) in [6.07, 6.45) is 1.07. The Morgan fingerprint density at radius 2 is 2.17 bits per heavy atom. The Bertz CT molecular complexity index is 259. The summed E-state index contributed by atoms with van der Waals surface area (Å²) < 4.78 is 5.41. The molecule has 5 heteroatoms. The first-order valence-electron chi connectivity index (χ1n) is 6.81. The number of rotatable bonds is 7. The smallest absolute Gasteiger partial charge is 0.227 e. The number of ether oxygens (including phenoxy) is 1. The standard InChI is InChI=1S/C13H27N3O2/c1-5-6-14-12-9-18-8-11(12)13(17)15-7-10(2)16(3)4/h10-12,14H,5-9H2,1-4H3,(H,15,17). The molecule has 2 N–H and O–H groups in total. The van der Waals surface area contributed by atoms with Crippen LogP contribution in [0.25, 0.3) is 0 Å². The molecule has 0 radical (unpaired) electrons. The van der Waals surface area contributed by atoms with Gasteiger partial charge in [0.1, 0.15) is 0 Å². The lowest BCUT2D eigenvalue weighted by Gasteiger charge is -2.22. The summed E-state index contributed by atoms with van der Waals surface area (Å²) in [6.45, 7) is 7.01. The van der Waals surface area contributed by atoms with Crippen molar-refractivity contribution in [3.8, 4) is 0 Å². The van der Waals surface area contributed by atoms with E-state index in [1.165, 1.54) is 0 Å². The molecule has 18 heavy (non-hydrogen) atoms. The second-order valence-electron chi connectivity index (χ2n) is 5.26. The molecule has 1 aliphatic rings. The normalized spacial score (nSPS) is 25.4. The highest BCUT2D eigenvalue weighted by Crippen LogP contribution is 2.13. The molecule has 5 nitrogen and oxygen atoms in total. The summed E-state index contributed by atoms with van der Waals surface area (Å²) in [5.74, 6) is 0.0562. The van der Waals surface area contributed by atoms with E-state index in [1.54, 1.807) is 0 Å². The van der Waals surface area contributed by atoms with Gasteiger partial charge in [-0.05, 0) is 34.0 Å². The predicted octanol–water partition coefficient (Wildman–Crippen LogP) is 0.0673. The second-order valence-corrected chi connectivity index (χ2v) is 5.26. The molecule has 1 aliphatic heterocycles. The Morgan fingerprint density at radius 3 is 2.78 bits per heavy atom. The molecular weight excluding hydrogens is 230 g/mol. The third-order valence-electron chi connectivity index (χ3n) is 3.53. The van der Waals surface area contributed by atoms with Crippen LogP contribution in [0, 0.1) is 5.92 Å². The molecule has 1 saturated heterocycles. The molecule has 1 heterocycles. The number of nitrogens with zero attached hydrogens (tertiary/aromatic N) is 1. The van der Waals surface area contributed by atoms with Crippen LogP contribution in [0.2, 0.25) is 0 Å². The summed E-state index contributed by atoms with van der Waals surface area (Å²) in [7, 11) is 4.03. The molecule has 3 unspecified atom stereocenters. The molecule has 106 valence electrons. The summed E-state index contributed by atoms with van der Waals surface area (Å²) in [6, 6.07) is 0.512. The number of carbonyl (C=O) groups is 1. The Hall–Kier alpha value is -0.650. The molecule has 0 aromatic heterocycles. The molecule has 1 fully saturated rings. The van der Waals surface area contributed by atoms with Crippen LogP contribution >= 0.6 is 0 Å². The Labute approximate surface area is 110 Å². The van der Waals surface area contributed by atoms with Gasteiger partial charge in [0.05, 0.1) is 19.1 Å². The Balaban J connectivity index is 2.35. The lowest BCUT2D eigenvalue weighted by molar-refractivity contribution is -0.125. The summed E-state index contributed by atoms with van der Waals surface area (Å²) in [5.41, 5.74) is 0. The van der Waals surface area contributed by atoms with Crippen LogP contribution < -0.4 is 10.6 Å². The Morgan fingerprint density at radius 1 is 1.44 bits per heavy atom. The molecule has 0 aliphatic carbocycles. The topological polar surface area (TPSA) is 53.6 Å². The van der Waals surface area contributed by atoms with E-state index < -0.39 is 0 Å². The van der Waals surface area contributed by atoms with Gasteiger partial charge in [0.15, 0.2) is 0 Å². The van der Waals surface area contributed by atoms with Crippen LogP contribution in [-0.2, 0) is 9.53 Å². The molecule has 3 atom stereocenters. The van der Waals surface area contributed by atoms with Crippen molar-refractivity contribution in [2.75, 3.05) is 40.4 Å². The van der Waals surface area contributed by atoms with Gasteiger partial charge in [0.25, 0.3) is 0 Å². The number of hydrogen-bond acceptors (Lipinski definition) is 4. The average Bonchev–Trinajstić information content (AvgIpc) is 2.81. The van der Waals surface area contributed by atoms with E-state index in [-0.39, 0.29) is 17.9 Å². The highest BCUT2D eigenvalue weighted by atomic mass is 16.5. The number of carbonyl (C=O) groups excluding carboxylic acids is 1. The zero-order valence-electron chi connectivity index (χ0n) is 12.0. The molecule has 0 bridgehead atoms. The molecular formula is C13H27N3O2. The number of amides is 1. The fourth-order valence-electron chi connectivity index (χ4n) is 1.91. The van der Waals surface area contributed by atoms with Crippen molar-refractivity contribution in [1.82, 2.24) is 15.5 Å². The van der Waals surface area contributed by atoms with E-state index in [9.17, 15) is 4.79 Å². The zero-order valence-corrected chi connectivity index (χ0v) is 12.0. The maximum absolute atomic E-state index is 12.1. The van der Waals surface area contributed by atoms with Gasteiger partial charge in [-0.25, -0.2) is 0 Å². The van der Waals surface area contributed by atoms with Gasteiger partial charge in [-0.15, -0.1) is 0 Å². The van der Waals surface area contributed by atoms with Crippen LogP contribution in [0.4, 0.5) is 0 Å². The third-order valence-corrected chi connectivity index (χ3v) is 3.53. The van der Waals surface area contributed by atoms with E-state index >= 15 is 0 Å². The molecule has 0 spiro atoms. The fourth-order valence-corrected chi connectivity index (χ4v) is 1.91. The van der Waals surface area contributed by atoms with Gasteiger partial charge in [-0.1, -0.05) is 6.92 Å². The van der Waals surface area contributed by atoms with Crippen molar-refractivity contribution < 1.29 is 9.53 Å². The first-order chi connectivity index (χ1) is 8.56. The van der Waals surface area contributed by atoms with Crippen LogP contribution in [-0.4, -0.2) is 63.3 Å². The molecule has 1 amide bonds. The van der Waals surface area contributed by atoms with Crippen molar-refractivity contribution in [2.45, 2.75) is 32.4 Å². The first kappa shape index (κ1) is 15.4. The average molecular weight is 257 g/mol. The van der Waals surface area contributed by atoms with Crippen LogP contribution in [0.15, 0.2) is 0 Å². The number of likely N-dealkylation sites (N-methyl/N-ethyl adjacent to an activating group) is 1. The van der Waals surface area contributed by atoms with Crippen molar-refractivity contribution in [2.24, 2.45) is 5.92 Å². The van der Waals surface area contributed by atoms with Crippen molar-refractivity contribution in [3.63, 3.8) is 0 Å².